The Bertz CT molecular complexity index is 478. The van der Waals surface area contributed by atoms with Crippen LogP contribution in [0.5, 0.6) is 5.75 Å². The van der Waals surface area contributed by atoms with Crippen molar-refractivity contribution in [2.24, 2.45) is 5.73 Å². The predicted octanol–water partition coefficient (Wildman–Crippen LogP) is 2.12. The van der Waals surface area contributed by atoms with Gasteiger partial charge in [0.05, 0.1) is 6.61 Å². The summed E-state index contributed by atoms with van der Waals surface area (Å²) in [5, 5.41) is 0. The molecular formula is C17H26N2O2. The van der Waals surface area contributed by atoms with Gasteiger partial charge in [-0.3, -0.25) is 4.90 Å². The fraction of sp³-hybridized carbons (Fsp3) is 0.647. The van der Waals surface area contributed by atoms with E-state index in [0.29, 0.717) is 6.61 Å². The highest BCUT2D eigenvalue weighted by molar-refractivity contribution is 5.39. The predicted molar refractivity (Wildman–Crippen MR) is 83.7 cm³/mol. The van der Waals surface area contributed by atoms with Crippen LogP contribution in [0.4, 0.5) is 0 Å². The number of fused-ring (bicyclic) bond motifs is 1. The molecule has 1 heterocycles. The van der Waals surface area contributed by atoms with Crippen molar-refractivity contribution in [2.75, 3.05) is 32.8 Å². The van der Waals surface area contributed by atoms with Gasteiger partial charge in [0.1, 0.15) is 18.5 Å². The van der Waals surface area contributed by atoms with E-state index < -0.39 is 0 Å². The summed E-state index contributed by atoms with van der Waals surface area (Å²) < 4.78 is 11.7. The molecule has 1 aliphatic heterocycles. The van der Waals surface area contributed by atoms with Crippen LogP contribution in [0.3, 0.4) is 0 Å². The molecule has 21 heavy (non-hydrogen) atoms. The molecule has 1 fully saturated rings. The Hall–Kier alpha value is -1.10. The van der Waals surface area contributed by atoms with Crippen molar-refractivity contribution in [2.45, 2.75) is 38.3 Å². The van der Waals surface area contributed by atoms with Crippen LogP contribution in [-0.2, 0) is 11.2 Å². The summed E-state index contributed by atoms with van der Waals surface area (Å²) >= 11 is 0. The maximum atomic E-state index is 6.20. The van der Waals surface area contributed by atoms with Crippen LogP contribution in [0.15, 0.2) is 18.2 Å². The SMILES string of the molecule is CCN1CCOC(COc2ccc3c(c2)[C@@H](N)CCC3)C1. The molecule has 0 radical (unpaired) electrons. The molecule has 4 heteroatoms. The van der Waals surface area contributed by atoms with E-state index in [1.165, 1.54) is 17.5 Å². The molecule has 2 aliphatic rings. The standard InChI is InChI=1S/C17H26N2O2/c1-2-19-8-9-20-15(11-19)12-21-14-7-6-13-4-3-5-17(18)16(13)10-14/h6-7,10,15,17H,2-5,8-9,11-12,18H2,1H3/t15?,17-/m0/s1. The third-order valence-corrected chi connectivity index (χ3v) is 4.58. The lowest BCUT2D eigenvalue weighted by Crippen LogP contribution is -2.44. The van der Waals surface area contributed by atoms with Crippen molar-refractivity contribution in [3.05, 3.63) is 29.3 Å². The Morgan fingerprint density at radius 2 is 2.33 bits per heavy atom. The lowest BCUT2D eigenvalue weighted by Gasteiger charge is -2.32. The van der Waals surface area contributed by atoms with Crippen molar-refractivity contribution in [3.8, 4) is 5.75 Å². The lowest BCUT2D eigenvalue weighted by atomic mass is 9.88. The second-order valence-corrected chi connectivity index (χ2v) is 6.06. The normalized spacial score (nSPS) is 26.4. The summed E-state index contributed by atoms with van der Waals surface area (Å²) in [6.07, 6.45) is 3.58. The maximum absolute atomic E-state index is 6.20. The van der Waals surface area contributed by atoms with Gasteiger partial charge in [0.25, 0.3) is 0 Å². The van der Waals surface area contributed by atoms with Gasteiger partial charge in [0, 0.05) is 19.1 Å². The van der Waals surface area contributed by atoms with Gasteiger partial charge in [-0.15, -0.1) is 0 Å². The van der Waals surface area contributed by atoms with Crippen molar-refractivity contribution in [1.82, 2.24) is 4.90 Å². The molecule has 2 atom stereocenters. The molecule has 0 spiro atoms. The van der Waals surface area contributed by atoms with Crippen LogP contribution in [0.1, 0.15) is 36.9 Å². The van der Waals surface area contributed by atoms with Crippen LogP contribution in [0.25, 0.3) is 0 Å². The van der Waals surface area contributed by atoms with E-state index in [1.807, 2.05) is 0 Å². The highest BCUT2D eigenvalue weighted by atomic mass is 16.5. The third kappa shape index (κ3) is 3.57. The summed E-state index contributed by atoms with van der Waals surface area (Å²) in [6, 6.07) is 6.53. The fourth-order valence-electron chi connectivity index (χ4n) is 3.26. The Kier molecular flexibility index (Phi) is 4.78. The van der Waals surface area contributed by atoms with Crippen molar-refractivity contribution < 1.29 is 9.47 Å². The first kappa shape index (κ1) is 14.8. The van der Waals surface area contributed by atoms with Crippen molar-refractivity contribution >= 4 is 0 Å². The zero-order chi connectivity index (χ0) is 14.7. The molecule has 1 saturated heterocycles. The van der Waals surface area contributed by atoms with Crippen LogP contribution in [-0.4, -0.2) is 43.9 Å². The van der Waals surface area contributed by atoms with Gasteiger partial charge in [0.15, 0.2) is 0 Å². The van der Waals surface area contributed by atoms with E-state index in [1.54, 1.807) is 0 Å². The number of hydrogen-bond acceptors (Lipinski definition) is 4. The number of morpholine rings is 1. The summed E-state index contributed by atoms with van der Waals surface area (Å²) in [4.78, 5) is 2.40. The molecule has 0 aromatic heterocycles. The molecule has 2 N–H and O–H groups in total. The largest absolute Gasteiger partial charge is 0.491 e. The minimum Gasteiger partial charge on any atom is -0.491 e. The Balaban J connectivity index is 1.59. The Labute approximate surface area is 127 Å². The average molecular weight is 290 g/mol. The van der Waals surface area contributed by atoms with Crippen LogP contribution >= 0.6 is 0 Å². The summed E-state index contributed by atoms with van der Waals surface area (Å²) in [5.74, 6) is 0.920. The summed E-state index contributed by atoms with van der Waals surface area (Å²) in [6.45, 7) is 6.67. The minimum atomic E-state index is 0.166. The monoisotopic (exact) mass is 290 g/mol. The Morgan fingerprint density at radius 1 is 1.43 bits per heavy atom. The summed E-state index contributed by atoms with van der Waals surface area (Å²) in [5.41, 5.74) is 8.85. The first-order chi connectivity index (χ1) is 10.3. The topological polar surface area (TPSA) is 47.7 Å². The molecule has 116 valence electrons. The smallest absolute Gasteiger partial charge is 0.119 e. The number of nitrogens with two attached hydrogens (primary N) is 1. The minimum absolute atomic E-state index is 0.166. The van der Waals surface area contributed by atoms with Gasteiger partial charge in [-0.1, -0.05) is 13.0 Å². The van der Waals surface area contributed by atoms with Crippen molar-refractivity contribution in [1.29, 1.82) is 0 Å². The van der Waals surface area contributed by atoms with Gasteiger partial charge in [-0.25, -0.2) is 0 Å². The molecule has 4 nitrogen and oxygen atoms in total. The van der Waals surface area contributed by atoms with E-state index in [4.69, 9.17) is 15.2 Å². The van der Waals surface area contributed by atoms with Crippen LogP contribution < -0.4 is 10.5 Å². The zero-order valence-corrected chi connectivity index (χ0v) is 12.9. The van der Waals surface area contributed by atoms with Gasteiger partial charge < -0.3 is 15.2 Å². The number of nitrogens with zero attached hydrogens (tertiary/aromatic N) is 1. The quantitative estimate of drug-likeness (QED) is 0.923. The maximum Gasteiger partial charge on any atom is 0.119 e. The highest BCUT2D eigenvalue weighted by Crippen LogP contribution is 2.30. The second-order valence-electron chi connectivity index (χ2n) is 6.06. The molecule has 1 unspecified atom stereocenters. The van der Waals surface area contributed by atoms with Gasteiger partial charge in [-0.2, -0.15) is 0 Å². The number of ether oxygens (including phenoxy) is 2. The Morgan fingerprint density at radius 3 is 3.19 bits per heavy atom. The number of likely N-dealkylation sites (N-methyl/N-ethyl adjacent to an activating group) is 1. The van der Waals surface area contributed by atoms with E-state index >= 15 is 0 Å². The van der Waals surface area contributed by atoms with E-state index in [-0.39, 0.29) is 12.1 Å². The first-order valence-electron chi connectivity index (χ1n) is 8.11. The first-order valence-corrected chi connectivity index (χ1v) is 8.11. The number of aryl methyl sites for hydroxylation is 1. The van der Waals surface area contributed by atoms with Gasteiger partial charge in [-0.05, 0) is 49.1 Å². The number of benzene rings is 1. The molecule has 1 aromatic rings. The van der Waals surface area contributed by atoms with Crippen LogP contribution in [0.2, 0.25) is 0 Å². The molecule has 0 amide bonds. The molecule has 3 rings (SSSR count). The fourth-order valence-corrected chi connectivity index (χ4v) is 3.26. The van der Waals surface area contributed by atoms with E-state index in [9.17, 15) is 0 Å². The van der Waals surface area contributed by atoms with E-state index in [0.717, 1.165) is 44.8 Å². The molecular weight excluding hydrogens is 264 g/mol. The van der Waals surface area contributed by atoms with Crippen molar-refractivity contribution in [3.63, 3.8) is 0 Å². The summed E-state index contributed by atoms with van der Waals surface area (Å²) in [7, 11) is 0. The number of rotatable bonds is 4. The zero-order valence-electron chi connectivity index (χ0n) is 12.9. The van der Waals surface area contributed by atoms with Gasteiger partial charge >= 0.3 is 0 Å². The average Bonchev–Trinajstić information content (AvgIpc) is 2.54. The van der Waals surface area contributed by atoms with Gasteiger partial charge in [0.2, 0.25) is 0 Å². The van der Waals surface area contributed by atoms with E-state index in [2.05, 4.69) is 30.0 Å². The third-order valence-electron chi connectivity index (χ3n) is 4.58. The van der Waals surface area contributed by atoms with Crippen LogP contribution in [0, 0.1) is 0 Å². The lowest BCUT2D eigenvalue weighted by molar-refractivity contribution is -0.0464. The highest BCUT2D eigenvalue weighted by Gasteiger charge is 2.21. The molecule has 0 saturated carbocycles. The molecule has 1 aromatic carbocycles. The molecule has 1 aliphatic carbocycles. The second kappa shape index (κ2) is 6.77. The molecule has 0 bridgehead atoms. The number of hydrogen-bond donors (Lipinski definition) is 1.